The molecule has 1 aromatic rings. The van der Waals surface area contributed by atoms with Crippen LogP contribution in [0.15, 0.2) is 29.2 Å². The molecule has 1 unspecified atom stereocenters. The van der Waals surface area contributed by atoms with E-state index in [1.165, 1.54) is 4.90 Å². The van der Waals surface area contributed by atoms with Crippen molar-refractivity contribution in [3.8, 4) is 0 Å². The molecule has 0 saturated carbocycles. The molecule has 0 aliphatic carbocycles. The maximum absolute atomic E-state index is 12.0. The topological polar surface area (TPSA) is 47.6 Å². The van der Waals surface area contributed by atoms with Gasteiger partial charge < -0.3 is 15.5 Å². The van der Waals surface area contributed by atoms with E-state index < -0.39 is 0 Å². The third kappa shape index (κ3) is 6.41. The fourth-order valence-electron chi connectivity index (χ4n) is 2.66. The highest BCUT2D eigenvalue weighted by Crippen LogP contribution is 2.14. The van der Waals surface area contributed by atoms with Crippen molar-refractivity contribution < 1.29 is 4.79 Å². The number of hydrogen-bond acceptors (Lipinski definition) is 4. The van der Waals surface area contributed by atoms with E-state index in [9.17, 15) is 4.79 Å². The Kier molecular flexibility index (Phi) is 7.20. The maximum Gasteiger partial charge on any atom is 0.315 e. The first-order chi connectivity index (χ1) is 11.1. The molecule has 1 heterocycles. The van der Waals surface area contributed by atoms with Crippen molar-refractivity contribution in [3.05, 3.63) is 29.8 Å². The molecule has 128 valence electrons. The summed E-state index contributed by atoms with van der Waals surface area (Å²) in [6.07, 6.45) is 2.06. The zero-order valence-electron chi connectivity index (χ0n) is 14.3. The van der Waals surface area contributed by atoms with Gasteiger partial charge in [-0.2, -0.15) is 0 Å². The Morgan fingerprint density at radius 2 is 1.87 bits per heavy atom. The number of nitrogens with one attached hydrogen (secondary N) is 2. The number of thioether (sulfide) groups is 1. The van der Waals surface area contributed by atoms with Crippen molar-refractivity contribution in [2.75, 3.05) is 46.0 Å². The minimum absolute atomic E-state index is 0.0967. The van der Waals surface area contributed by atoms with Gasteiger partial charge in [0.05, 0.1) is 0 Å². The van der Waals surface area contributed by atoms with Gasteiger partial charge in [0.25, 0.3) is 0 Å². The van der Waals surface area contributed by atoms with Crippen LogP contribution in [-0.4, -0.2) is 67.9 Å². The van der Waals surface area contributed by atoms with E-state index in [-0.39, 0.29) is 12.1 Å². The summed E-state index contributed by atoms with van der Waals surface area (Å²) in [6.45, 7) is 7.88. The van der Waals surface area contributed by atoms with E-state index >= 15 is 0 Å². The first-order valence-electron chi connectivity index (χ1n) is 8.15. The number of rotatable bonds is 6. The highest BCUT2D eigenvalue weighted by molar-refractivity contribution is 7.98. The lowest BCUT2D eigenvalue weighted by Crippen LogP contribution is -2.51. The summed E-state index contributed by atoms with van der Waals surface area (Å²) >= 11 is 1.72. The van der Waals surface area contributed by atoms with Crippen molar-refractivity contribution in [3.63, 3.8) is 0 Å². The van der Waals surface area contributed by atoms with Crippen molar-refractivity contribution in [2.45, 2.75) is 24.4 Å². The fourth-order valence-corrected chi connectivity index (χ4v) is 3.07. The Bertz CT molecular complexity index is 486. The lowest BCUT2D eigenvalue weighted by molar-refractivity contribution is 0.144. The quantitative estimate of drug-likeness (QED) is 0.779. The molecule has 1 aliphatic heterocycles. The van der Waals surface area contributed by atoms with Gasteiger partial charge in [-0.1, -0.05) is 12.1 Å². The number of nitrogens with zero attached hydrogens (tertiary/aromatic N) is 2. The van der Waals surface area contributed by atoms with Crippen LogP contribution in [0, 0.1) is 0 Å². The first-order valence-corrected chi connectivity index (χ1v) is 9.37. The molecule has 1 aromatic carbocycles. The Morgan fingerprint density at radius 1 is 1.22 bits per heavy atom. The molecule has 1 saturated heterocycles. The maximum atomic E-state index is 12.0. The van der Waals surface area contributed by atoms with Crippen molar-refractivity contribution in [1.82, 2.24) is 20.4 Å². The fraction of sp³-hybridized carbons (Fsp3) is 0.588. The largest absolute Gasteiger partial charge is 0.334 e. The summed E-state index contributed by atoms with van der Waals surface area (Å²) in [5, 5.41) is 5.95. The number of hydrogen-bond donors (Lipinski definition) is 2. The molecule has 1 aliphatic rings. The van der Waals surface area contributed by atoms with Crippen LogP contribution >= 0.6 is 11.8 Å². The number of carbonyl (C=O) groups excluding carboxylic acids is 1. The van der Waals surface area contributed by atoms with Crippen LogP contribution in [0.25, 0.3) is 0 Å². The highest BCUT2D eigenvalue weighted by Gasteiger charge is 2.16. The van der Waals surface area contributed by atoms with E-state index in [0.717, 1.165) is 38.3 Å². The van der Waals surface area contributed by atoms with Crippen LogP contribution < -0.4 is 10.6 Å². The van der Waals surface area contributed by atoms with Crippen LogP contribution in [0.4, 0.5) is 4.79 Å². The molecule has 6 heteroatoms. The van der Waals surface area contributed by atoms with E-state index in [2.05, 4.69) is 64.9 Å². The van der Waals surface area contributed by atoms with Gasteiger partial charge in [-0.05, 0) is 37.9 Å². The normalized spacial score (nSPS) is 17.7. The zero-order chi connectivity index (χ0) is 16.7. The van der Waals surface area contributed by atoms with Gasteiger partial charge in [-0.3, -0.25) is 4.90 Å². The van der Waals surface area contributed by atoms with Crippen LogP contribution in [0.5, 0.6) is 0 Å². The smallest absolute Gasteiger partial charge is 0.315 e. The Labute approximate surface area is 143 Å². The summed E-state index contributed by atoms with van der Waals surface area (Å²) in [6, 6.07) is 8.32. The monoisotopic (exact) mass is 336 g/mol. The molecule has 23 heavy (non-hydrogen) atoms. The lowest BCUT2D eigenvalue weighted by Gasteiger charge is -2.34. The number of urea groups is 1. The molecular formula is C17H28N4OS. The summed E-state index contributed by atoms with van der Waals surface area (Å²) in [7, 11) is 2.15. The van der Waals surface area contributed by atoms with Crippen LogP contribution in [0.3, 0.4) is 0 Å². The third-order valence-electron chi connectivity index (χ3n) is 4.12. The molecule has 0 aromatic heterocycles. The predicted octanol–water partition coefficient (Wildman–Crippen LogP) is 1.84. The van der Waals surface area contributed by atoms with Crippen LogP contribution in [0.2, 0.25) is 0 Å². The molecule has 2 rings (SSSR count). The van der Waals surface area contributed by atoms with Gasteiger partial charge in [0.2, 0.25) is 0 Å². The SMILES string of the molecule is CSc1ccc(CNC(=O)NC(C)CN2CCN(C)CC2)cc1. The third-order valence-corrected chi connectivity index (χ3v) is 4.86. The zero-order valence-corrected chi connectivity index (χ0v) is 15.2. The van der Waals surface area contributed by atoms with Gasteiger partial charge in [0.15, 0.2) is 0 Å². The van der Waals surface area contributed by atoms with Crippen molar-refractivity contribution in [1.29, 1.82) is 0 Å². The van der Waals surface area contributed by atoms with Crippen LogP contribution in [0.1, 0.15) is 12.5 Å². The molecule has 1 atom stereocenters. The Balaban J connectivity index is 1.67. The molecule has 5 nitrogen and oxygen atoms in total. The standard InChI is InChI=1S/C17H28N4OS/c1-14(13-21-10-8-20(2)9-11-21)19-17(22)18-12-15-4-6-16(23-3)7-5-15/h4-7,14H,8-13H2,1-3H3,(H2,18,19,22). The molecule has 0 bridgehead atoms. The average Bonchev–Trinajstić information content (AvgIpc) is 2.55. The summed E-state index contributed by atoms with van der Waals surface area (Å²) in [5.74, 6) is 0. The Hall–Kier alpha value is -1.24. The predicted molar refractivity (Wildman–Crippen MR) is 97.0 cm³/mol. The number of carbonyl (C=O) groups is 1. The van der Waals surface area contributed by atoms with Crippen molar-refractivity contribution in [2.24, 2.45) is 0 Å². The second-order valence-electron chi connectivity index (χ2n) is 6.18. The summed E-state index contributed by atoms with van der Waals surface area (Å²) < 4.78 is 0. The minimum atomic E-state index is -0.0967. The number of benzene rings is 1. The van der Waals surface area contributed by atoms with E-state index in [1.807, 2.05) is 0 Å². The molecule has 0 radical (unpaired) electrons. The van der Waals surface area contributed by atoms with Crippen molar-refractivity contribution >= 4 is 17.8 Å². The summed E-state index contributed by atoms with van der Waals surface area (Å²) in [4.78, 5) is 18.0. The summed E-state index contributed by atoms with van der Waals surface area (Å²) in [5.41, 5.74) is 1.12. The minimum Gasteiger partial charge on any atom is -0.334 e. The average molecular weight is 337 g/mol. The van der Waals surface area contributed by atoms with E-state index in [1.54, 1.807) is 11.8 Å². The number of likely N-dealkylation sites (N-methyl/N-ethyl adjacent to an activating group) is 1. The lowest BCUT2D eigenvalue weighted by atomic mass is 10.2. The second-order valence-corrected chi connectivity index (χ2v) is 7.06. The van der Waals surface area contributed by atoms with Gasteiger partial charge >= 0.3 is 6.03 Å². The number of piperazine rings is 1. The van der Waals surface area contributed by atoms with Crippen LogP contribution in [-0.2, 0) is 6.54 Å². The molecule has 0 spiro atoms. The van der Waals surface area contributed by atoms with Gasteiger partial charge in [-0.15, -0.1) is 11.8 Å². The molecule has 1 fully saturated rings. The van der Waals surface area contributed by atoms with E-state index in [4.69, 9.17) is 0 Å². The van der Waals surface area contributed by atoms with E-state index in [0.29, 0.717) is 6.54 Å². The highest BCUT2D eigenvalue weighted by atomic mass is 32.2. The first kappa shape index (κ1) is 18.1. The molecular weight excluding hydrogens is 308 g/mol. The molecule has 2 N–H and O–H groups in total. The second kappa shape index (κ2) is 9.15. The van der Waals surface area contributed by atoms with Gasteiger partial charge in [-0.25, -0.2) is 4.79 Å². The number of amides is 2. The van der Waals surface area contributed by atoms with Gasteiger partial charge in [0, 0.05) is 50.2 Å². The Morgan fingerprint density at radius 3 is 2.48 bits per heavy atom. The molecule has 2 amide bonds. The van der Waals surface area contributed by atoms with Gasteiger partial charge in [0.1, 0.15) is 0 Å².